The summed E-state index contributed by atoms with van der Waals surface area (Å²) in [5, 5.41) is 5.49. The summed E-state index contributed by atoms with van der Waals surface area (Å²) < 4.78 is 1.03. The van der Waals surface area contributed by atoms with E-state index in [1.165, 1.54) is 4.88 Å². The molecule has 0 saturated heterocycles. The van der Waals surface area contributed by atoms with Gasteiger partial charge in [0, 0.05) is 9.35 Å². The number of hydrogen-bond acceptors (Lipinski definition) is 3. The van der Waals surface area contributed by atoms with Crippen molar-refractivity contribution in [3.8, 4) is 0 Å². The molecule has 16 heavy (non-hydrogen) atoms. The van der Waals surface area contributed by atoms with Gasteiger partial charge in [-0.3, -0.25) is 0 Å². The second-order valence-electron chi connectivity index (χ2n) is 3.61. The Bertz CT molecular complexity index is 468. The van der Waals surface area contributed by atoms with Gasteiger partial charge in [0.05, 0.1) is 17.4 Å². The highest BCUT2D eigenvalue weighted by Crippen LogP contribution is 2.28. The lowest BCUT2D eigenvalue weighted by Crippen LogP contribution is -2.06. The Balaban J connectivity index is 2.17. The van der Waals surface area contributed by atoms with Gasteiger partial charge in [-0.15, -0.1) is 11.3 Å². The number of benzene rings is 1. The topological polar surface area (TPSA) is 38.0 Å². The molecular formula is C12H13BrN2S. The van der Waals surface area contributed by atoms with Crippen molar-refractivity contribution in [1.29, 1.82) is 0 Å². The molecule has 0 aliphatic carbocycles. The molecule has 2 aromatic rings. The molecule has 0 spiro atoms. The maximum absolute atomic E-state index is 5.91. The van der Waals surface area contributed by atoms with Gasteiger partial charge in [0.25, 0.3) is 0 Å². The van der Waals surface area contributed by atoms with Crippen LogP contribution in [0, 0.1) is 0 Å². The molecule has 0 amide bonds. The van der Waals surface area contributed by atoms with Crippen LogP contribution in [0.15, 0.2) is 40.2 Å². The van der Waals surface area contributed by atoms with E-state index < -0.39 is 0 Å². The first-order chi connectivity index (χ1) is 7.66. The standard InChI is InChI=1S/C12H13BrN2S/c1-8(12-3-2-6-16-12)15-11-7-9(13)4-5-10(11)14/h2-8,15H,14H2,1H3. The molecular weight excluding hydrogens is 284 g/mol. The minimum Gasteiger partial charge on any atom is -0.397 e. The molecule has 0 radical (unpaired) electrons. The maximum Gasteiger partial charge on any atom is 0.0590 e. The fourth-order valence-electron chi connectivity index (χ4n) is 1.50. The third kappa shape index (κ3) is 2.57. The number of nitrogen functional groups attached to an aromatic ring is 1. The average Bonchev–Trinajstić information content (AvgIpc) is 2.76. The summed E-state index contributed by atoms with van der Waals surface area (Å²) in [5.41, 5.74) is 7.65. The monoisotopic (exact) mass is 296 g/mol. The fraction of sp³-hybridized carbons (Fsp3) is 0.167. The minimum atomic E-state index is 0.275. The molecule has 1 atom stereocenters. The third-order valence-electron chi connectivity index (χ3n) is 2.36. The van der Waals surface area contributed by atoms with E-state index >= 15 is 0 Å². The summed E-state index contributed by atoms with van der Waals surface area (Å²) in [7, 11) is 0. The Morgan fingerprint density at radius 2 is 2.19 bits per heavy atom. The van der Waals surface area contributed by atoms with E-state index in [1.807, 2.05) is 18.2 Å². The largest absolute Gasteiger partial charge is 0.397 e. The Morgan fingerprint density at radius 3 is 2.88 bits per heavy atom. The molecule has 0 bridgehead atoms. The number of halogens is 1. The van der Waals surface area contributed by atoms with Crippen LogP contribution in [-0.4, -0.2) is 0 Å². The van der Waals surface area contributed by atoms with Gasteiger partial charge in [-0.2, -0.15) is 0 Å². The lowest BCUT2D eigenvalue weighted by Gasteiger charge is -2.15. The highest BCUT2D eigenvalue weighted by molar-refractivity contribution is 9.10. The molecule has 1 aromatic carbocycles. The van der Waals surface area contributed by atoms with Crippen molar-refractivity contribution in [2.24, 2.45) is 0 Å². The van der Waals surface area contributed by atoms with Gasteiger partial charge in [0.15, 0.2) is 0 Å². The van der Waals surface area contributed by atoms with Gasteiger partial charge in [0.2, 0.25) is 0 Å². The highest BCUT2D eigenvalue weighted by Gasteiger charge is 2.08. The van der Waals surface area contributed by atoms with Gasteiger partial charge < -0.3 is 11.1 Å². The summed E-state index contributed by atoms with van der Waals surface area (Å²) >= 11 is 5.19. The van der Waals surface area contributed by atoms with Crippen molar-refractivity contribution in [1.82, 2.24) is 0 Å². The van der Waals surface area contributed by atoms with Crippen molar-refractivity contribution >= 4 is 38.6 Å². The first kappa shape index (κ1) is 11.5. The predicted octanol–water partition coefficient (Wildman–Crippen LogP) is 4.27. The van der Waals surface area contributed by atoms with Crippen LogP contribution in [0.2, 0.25) is 0 Å². The normalized spacial score (nSPS) is 12.4. The zero-order chi connectivity index (χ0) is 11.5. The van der Waals surface area contributed by atoms with Crippen molar-refractivity contribution in [3.05, 3.63) is 45.1 Å². The fourth-order valence-corrected chi connectivity index (χ4v) is 2.59. The van der Waals surface area contributed by atoms with Crippen molar-refractivity contribution in [3.63, 3.8) is 0 Å². The second-order valence-corrected chi connectivity index (χ2v) is 5.51. The van der Waals surface area contributed by atoms with E-state index in [2.05, 4.69) is 45.7 Å². The van der Waals surface area contributed by atoms with Gasteiger partial charge >= 0.3 is 0 Å². The number of thiophene rings is 1. The van der Waals surface area contributed by atoms with E-state index in [-0.39, 0.29) is 6.04 Å². The smallest absolute Gasteiger partial charge is 0.0590 e. The minimum absolute atomic E-state index is 0.275. The number of hydrogen-bond donors (Lipinski definition) is 2. The zero-order valence-electron chi connectivity index (χ0n) is 8.91. The Morgan fingerprint density at radius 1 is 1.38 bits per heavy atom. The molecule has 1 unspecified atom stereocenters. The molecule has 0 fully saturated rings. The summed E-state index contributed by atoms with van der Waals surface area (Å²) in [6.07, 6.45) is 0. The van der Waals surface area contributed by atoms with Crippen LogP contribution in [0.3, 0.4) is 0 Å². The lowest BCUT2D eigenvalue weighted by molar-refractivity contribution is 0.909. The number of nitrogens with one attached hydrogen (secondary N) is 1. The first-order valence-corrected chi connectivity index (χ1v) is 6.69. The average molecular weight is 297 g/mol. The SMILES string of the molecule is CC(Nc1cc(Br)ccc1N)c1cccs1. The molecule has 2 rings (SSSR count). The number of anilines is 2. The van der Waals surface area contributed by atoms with Gasteiger partial charge in [-0.25, -0.2) is 0 Å². The summed E-state index contributed by atoms with van der Waals surface area (Å²) in [4.78, 5) is 1.30. The maximum atomic E-state index is 5.91. The van der Waals surface area contributed by atoms with Crippen molar-refractivity contribution in [2.45, 2.75) is 13.0 Å². The van der Waals surface area contributed by atoms with Crippen molar-refractivity contribution < 1.29 is 0 Å². The van der Waals surface area contributed by atoms with Crippen LogP contribution < -0.4 is 11.1 Å². The number of nitrogens with two attached hydrogens (primary N) is 1. The van der Waals surface area contributed by atoms with E-state index in [0.717, 1.165) is 15.8 Å². The predicted molar refractivity (Wildman–Crippen MR) is 74.9 cm³/mol. The van der Waals surface area contributed by atoms with Crippen molar-refractivity contribution in [2.75, 3.05) is 11.1 Å². The van der Waals surface area contributed by atoms with E-state index in [4.69, 9.17) is 5.73 Å². The van der Waals surface area contributed by atoms with Gasteiger partial charge in [-0.05, 0) is 36.6 Å². The summed E-state index contributed by atoms with van der Waals surface area (Å²) in [6.45, 7) is 2.13. The van der Waals surface area contributed by atoms with E-state index in [0.29, 0.717) is 0 Å². The molecule has 1 aromatic heterocycles. The highest BCUT2D eigenvalue weighted by atomic mass is 79.9. The third-order valence-corrected chi connectivity index (χ3v) is 3.91. The first-order valence-electron chi connectivity index (χ1n) is 5.02. The lowest BCUT2D eigenvalue weighted by atomic mass is 10.2. The van der Waals surface area contributed by atoms with Crippen LogP contribution >= 0.6 is 27.3 Å². The molecule has 1 heterocycles. The molecule has 3 N–H and O–H groups in total. The van der Waals surface area contributed by atoms with Crippen LogP contribution in [0.5, 0.6) is 0 Å². The van der Waals surface area contributed by atoms with Gasteiger partial charge in [0.1, 0.15) is 0 Å². The number of rotatable bonds is 3. The molecule has 0 saturated carbocycles. The van der Waals surface area contributed by atoms with Crippen LogP contribution in [0.25, 0.3) is 0 Å². The quantitative estimate of drug-likeness (QED) is 0.830. The van der Waals surface area contributed by atoms with Crippen LogP contribution in [-0.2, 0) is 0 Å². The molecule has 4 heteroatoms. The summed E-state index contributed by atoms with van der Waals surface area (Å²) in [5.74, 6) is 0. The second kappa shape index (κ2) is 4.89. The Kier molecular flexibility index (Phi) is 3.51. The Labute approximate surface area is 108 Å². The molecule has 2 nitrogen and oxygen atoms in total. The molecule has 0 aliphatic heterocycles. The van der Waals surface area contributed by atoms with E-state index in [1.54, 1.807) is 11.3 Å². The Hall–Kier alpha value is -1.00. The molecule has 0 aliphatic rings. The zero-order valence-corrected chi connectivity index (χ0v) is 11.3. The van der Waals surface area contributed by atoms with Crippen LogP contribution in [0.1, 0.15) is 17.8 Å². The summed E-state index contributed by atoms with van der Waals surface area (Å²) in [6, 6.07) is 10.3. The molecule has 84 valence electrons. The van der Waals surface area contributed by atoms with E-state index in [9.17, 15) is 0 Å². The van der Waals surface area contributed by atoms with Gasteiger partial charge in [-0.1, -0.05) is 22.0 Å². The van der Waals surface area contributed by atoms with Crippen LogP contribution in [0.4, 0.5) is 11.4 Å².